The van der Waals surface area contributed by atoms with E-state index in [2.05, 4.69) is 35.3 Å². The van der Waals surface area contributed by atoms with Crippen molar-refractivity contribution in [3.05, 3.63) is 0 Å². The van der Waals surface area contributed by atoms with Crippen LogP contribution in [0.15, 0.2) is 0 Å². The minimum atomic E-state index is 0.417. The lowest BCUT2D eigenvalue weighted by Crippen LogP contribution is -1.62. The highest BCUT2D eigenvalue weighted by atomic mass is 35.6. The number of hydrogen-bond donors (Lipinski definition) is 0. The molecule has 4 heteroatoms. The zero-order valence-electron chi connectivity index (χ0n) is 1.58. The largest absolute Gasteiger partial charge is 0.0380 e. The van der Waals surface area contributed by atoms with Crippen molar-refractivity contribution in [2.24, 2.45) is 0 Å². The Bertz CT molecular complexity index is 8.00. The minimum absolute atomic E-state index is 0.417. The number of hydrogen-bond acceptors (Lipinski definition) is 1. The summed E-state index contributed by atoms with van der Waals surface area (Å²) in [4.78, 5) is 0. The van der Waals surface area contributed by atoms with E-state index in [1.165, 1.54) is 0 Å². The maximum Gasteiger partial charge on any atom is 0.0127 e. The Labute approximate surface area is 39.4 Å². The first-order chi connectivity index (χ1) is 1.73. The summed E-state index contributed by atoms with van der Waals surface area (Å²) in [5, 5.41) is 0. The molecule has 1 nitrogen and oxygen atoms in total. The maximum absolute atomic E-state index is 4.64. The van der Waals surface area contributed by atoms with Gasteiger partial charge in [0.25, 0.3) is 0 Å². The van der Waals surface area contributed by atoms with E-state index in [1.54, 1.807) is 0 Å². The van der Waals surface area contributed by atoms with Crippen LogP contribution >= 0.6 is 35.3 Å². The predicted octanol–water partition coefficient (Wildman–Crippen LogP) is 1.75. The van der Waals surface area contributed by atoms with Gasteiger partial charge in [0.2, 0.25) is 0 Å². The standard InChI is InChI=1S/Cl3N/c1-4(2)3. The number of halogens is 3. The SMILES string of the molecule is ClN(Cl)Cl. The molecule has 0 N–H and O–H groups in total. The summed E-state index contributed by atoms with van der Waals surface area (Å²) in [6.45, 7) is 0. The molecule has 0 aliphatic heterocycles. The van der Waals surface area contributed by atoms with Gasteiger partial charge in [0.1, 0.15) is 0 Å². The molecule has 0 aromatic heterocycles. The predicted molar refractivity (Wildman–Crippen MR) is 19.4 cm³/mol. The first-order valence-corrected chi connectivity index (χ1v) is 1.52. The Balaban J connectivity index is 2.32. The molecular weight excluding hydrogens is 120 g/mol. The molecular formula is Cl3N. The quantitative estimate of drug-likeness (QED) is 0.440. The van der Waals surface area contributed by atoms with Crippen LogP contribution in [0.5, 0.6) is 0 Å². The monoisotopic (exact) mass is 119 g/mol. The van der Waals surface area contributed by atoms with Crippen LogP contribution in [0, 0.1) is 0 Å². The molecule has 0 radical (unpaired) electrons. The van der Waals surface area contributed by atoms with E-state index in [0.717, 1.165) is 0 Å². The van der Waals surface area contributed by atoms with Gasteiger partial charge in [-0.3, -0.25) is 0 Å². The van der Waals surface area contributed by atoms with Gasteiger partial charge < -0.3 is 0 Å². The molecule has 0 unspecified atom stereocenters. The third kappa shape index (κ3) is 13.8. The van der Waals surface area contributed by atoms with Gasteiger partial charge >= 0.3 is 0 Å². The van der Waals surface area contributed by atoms with Gasteiger partial charge in [-0.1, -0.05) is 0 Å². The Kier molecular flexibility index (Phi) is 2.52. The van der Waals surface area contributed by atoms with E-state index in [1.807, 2.05) is 0 Å². The summed E-state index contributed by atoms with van der Waals surface area (Å²) in [6, 6.07) is 0. The van der Waals surface area contributed by atoms with Crippen molar-refractivity contribution in [1.82, 2.24) is 3.46 Å². The first kappa shape index (κ1) is 4.83. The van der Waals surface area contributed by atoms with Crippen LogP contribution in [0.3, 0.4) is 0 Å². The lowest BCUT2D eigenvalue weighted by Gasteiger charge is -1.74. The third-order valence-electron chi connectivity index (χ3n) is 0. The van der Waals surface area contributed by atoms with E-state index in [9.17, 15) is 0 Å². The van der Waals surface area contributed by atoms with E-state index in [0.29, 0.717) is 3.46 Å². The summed E-state index contributed by atoms with van der Waals surface area (Å²) < 4.78 is 0.417. The molecule has 0 fully saturated rings. The van der Waals surface area contributed by atoms with Gasteiger partial charge in [0.05, 0.1) is 0 Å². The Morgan fingerprint density at radius 1 is 1.00 bits per heavy atom. The third-order valence-corrected chi connectivity index (χ3v) is 0. The van der Waals surface area contributed by atoms with E-state index < -0.39 is 0 Å². The van der Waals surface area contributed by atoms with Gasteiger partial charge in [-0.05, 0) is 3.46 Å². The van der Waals surface area contributed by atoms with E-state index in [4.69, 9.17) is 0 Å². The molecule has 0 heterocycles. The Hall–Kier alpha value is 0.830. The van der Waals surface area contributed by atoms with Gasteiger partial charge in [-0.25, -0.2) is 0 Å². The van der Waals surface area contributed by atoms with Crippen LogP contribution in [-0.2, 0) is 0 Å². The van der Waals surface area contributed by atoms with Crippen LogP contribution in [0.2, 0.25) is 0 Å². The molecule has 0 aromatic rings. The highest BCUT2D eigenvalue weighted by molar-refractivity contribution is 6.50. The fourth-order valence-electron chi connectivity index (χ4n) is 0. The fraction of sp³-hybridized carbons (Fsp3) is 0. The molecule has 0 saturated carbocycles. The molecule has 0 bridgehead atoms. The summed E-state index contributed by atoms with van der Waals surface area (Å²) in [6.07, 6.45) is 0. The summed E-state index contributed by atoms with van der Waals surface area (Å²) in [7, 11) is 0. The van der Waals surface area contributed by atoms with Crippen LogP contribution in [0.1, 0.15) is 0 Å². The zero-order chi connectivity index (χ0) is 3.58. The van der Waals surface area contributed by atoms with Crippen LogP contribution < -0.4 is 0 Å². The topological polar surface area (TPSA) is 3.24 Å². The molecule has 0 amide bonds. The Morgan fingerprint density at radius 2 is 1.00 bits per heavy atom. The molecule has 0 aromatic carbocycles. The Morgan fingerprint density at radius 3 is 1.00 bits per heavy atom. The van der Waals surface area contributed by atoms with Gasteiger partial charge in [0.15, 0.2) is 0 Å². The molecule has 0 rings (SSSR count). The summed E-state index contributed by atoms with van der Waals surface area (Å²) >= 11 is 13.9. The fourth-order valence-corrected chi connectivity index (χ4v) is 0. The second-order valence-electron chi connectivity index (χ2n) is 0.192. The average Bonchev–Trinajstić information content (AvgIpc) is 0.811. The highest BCUT2D eigenvalue weighted by Crippen LogP contribution is 1.99. The van der Waals surface area contributed by atoms with Gasteiger partial charge in [-0.2, -0.15) is 0 Å². The van der Waals surface area contributed by atoms with Crippen LogP contribution in [0.25, 0.3) is 0 Å². The number of rotatable bonds is 0. The van der Waals surface area contributed by atoms with E-state index >= 15 is 0 Å². The lowest BCUT2D eigenvalue weighted by molar-refractivity contribution is 1.20. The van der Waals surface area contributed by atoms with Crippen molar-refractivity contribution in [2.75, 3.05) is 0 Å². The van der Waals surface area contributed by atoms with Crippen LogP contribution in [-0.4, -0.2) is 3.46 Å². The van der Waals surface area contributed by atoms with Gasteiger partial charge in [-0.15, -0.1) is 0 Å². The summed E-state index contributed by atoms with van der Waals surface area (Å²) in [5.41, 5.74) is 0. The molecule has 0 aliphatic carbocycles. The van der Waals surface area contributed by atoms with E-state index in [-0.39, 0.29) is 0 Å². The summed E-state index contributed by atoms with van der Waals surface area (Å²) in [5.74, 6) is 0. The van der Waals surface area contributed by atoms with Gasteiger partial charge in [0, 0.05) is 35.3 Å². The molecule has 4 heavy (non-hydrogen) atoms. The average molecular weight is 120 g/mol. The minimum Gasteiger partial charge on any atom is -0.0380 e. The normalized spacial score (nSPS) is 9.00. The van der Waals surface area contributed by atoms with Crippen molar-refractivity contribution < 1.29 is 0 Å². The van der Waals surface area contributed by atoms with Crippen LogP contribution in [0.4, 0.5) is 0 Å². The molecule has 0 spiro atoms. The number of nitrogens with zero attached hydrogens (tertiary/aromatic N) is 1. The van der Waals surface area contributed by atoms with Crippen molar-refractivity contribution in [3.8, 4) is 0 Å². The maximum atomic E-state index is 4.64. The van der Waals surface area contributed by atoms with Crippen molar-refractivity contribution in [3.63, 3.8) is 0 Å². The van der Waals surface area contributed by atoms with Crippen molar-refractivity contribution >= 4 is 35.3 Å². The highest BCUT2D eigenvalue weighted by Gasteiger charge is 1.72. The van der Waals surface area contributed by atoms with Crippen molar-refractivity contribution in [2.45, 2.75) is 0 Å². The molecule has 0 saturated heterocycles. The van der Waals surface area contributed by atoms with Crippen molar-refractivity contribution in [1.29, 1.82) is 0 Å². The smallest absolute Gasteiger partial charge is 0.0127 e. The molecule has 26 valence electrons. The molecule has 0 aliphatic rings. The zero-order valence-corrected chi connectivity index (χ0v) is 3.85. The molecule has 0 atom stereocenters. The lowest BCUT2D eigenvalue weighted by atomic mass is 13.9. The second kappa shape index (κ2) is 2.09. The second-order valence-corrected chi connectivity index (χ2v) is 1.72. The first-order valence-electron chi connectivity index (χ1n) is 0.507.